The van der Waals surface area contributed by atoms with Gasteiger partial charge in [-0.15, -0.1) is 0 Å². The van der Waals surface area contributed by atoms with Crippen LogP contribution in [-0.4, -0.2) is 16.0 Å². The van der Waals surface area contributed by atoms with Crippen molar-refractivity contribution in [3.05, 3.63) is 48.2 Å². The van der Waals surface area contributed by atoms with Crippen LogP contribution in [0, 0.1) is 5.41 Å². The Balaban J connectivity index is 2.58. The second kappa shape index (κ2) is 3.88. The van der Waals surface area contributed by atoms with Crippen molar-refractivity contribution in [2.24, 2.45) is 5.73 Å². The molecule has 0 amide bonds. The number of hydrogen-bond donors (Lipinski definition) is 2. The molecule has 0 unspecified atom stereocenters. The van der Waals surface area contributed by atoms with Gasteiger partial charge in [0, 0.05) is 17.3 Å². The molecular weight excluding hydrogens is 188 g/mol. The van der Waals surface area contributed by atoms with Crippen LogP contribution < -0.4 is 5.73 Å². The maximum absolute atomic E-state index is 7.46. The zero-order chi connectivity index (χ0) is 10.7. The quantitative estimate of drug-likeness (QED) is 0.566. The van der Waals surface area contributed by atoms with E-state index >= 15 is 0 Å². The van der Waals surface area contributed by atoms with E-state index in [2.05, 4.69) is 10.2 Å². The summed E-state index contributed by atoms with van der Waals surface area (Å²) in [4.78, 5) is 0. The normalized spacial score (nSPS) is 9.87. The van der Waals surface area contributed by atoms with Crippen LogP contribution in [0.3, 0.4) is 0 Å². The highest BCUT2D eigenvalue weighted by Gasteiger charge is 2.07. The first-order valence-electron chi connectivity index (χ1n) is 4.50. The number of nitrogens with two attached hydrogens (primary N) is 1. The van der Waals surface area contributed by atoms with Gasteiger partial charge in [0.25, 0.3) is 0 Å². The molecule has 15 heavy (non-hydrogen) atoms. The smallest absolute Gasteiger partial charge is 0.123 e. The van der Waals surface area contributed by atoms with Crippen molar-refractivity contribution in [3.63, 3.8) is 0 Å². The third-order valence-electron chi connectivity index (χ3n) is 2.07. The summed E-state index contributed by atoms with van der Waals surface area (Å²) < 4.78 is 0. The lowest BCUT2D eigenvalue weighted by molar-refractivity contribution is 1.04. The molecule has 4 heteroatoms. The van der Waals surface area contributed by atoms with E-state index < -0.39 is 0 Å². The molecule has 0 saturated carbocycles. The van der Waals surface area contributed by atoms with Crippen molar-refractivity contribution in [1.82, 2.24) is 10.2 Å². The first kappa shape index (κ1) is 9.33. The average Bonchev–Trinajstić information content (AvgIpc) is 2.30. The SMILES string of the molecule is N=C(N)c1ccccc1-c1cccnn1. The van der Waals surface area contributed by atoms with E-state index in [0.29, 0.717) is 5.56 Å². The molecule has 0 aliphatic heterocycles. The Bertz CT molecular complexity index is 479. The third-order valence-corrected chi connectivity index (χ3v) is 2.07. The van der Waals surface area contributed by atoms with Gasteiger partial charge in [0.2, 0.25) is 0 Å². The first-order valence-corrected chi connectivity index (χ1v) is 4.50. The predicted octanol–water partition coefficient (Wildman–Crippen LogP) is 1.43. The maximum Gasteiger partial charge on any atom is 0.123 e. The second-order valence-corrected chi connectivity index (χ2v) is 3.07. The van der Waals surface area contributed by atoms with Gasteiger partial charge < -0.3 is 5.73 Å². The van der Waals surface area contributed by atoms with Crippen molar-refractivity contribution in [2.45, 2.75) is 0 Å². The maximum atomic E-state index is 7.46. The van der Waals surface area contributed by atoms with E-state index in [4.69, 9.17) is 11.1 Å². The lowest BCUT2D eigenvalue weighted by Crippen LogP contribution is -2.12. The van der Waals surface area contributed by atoms with Gasteiger partial charge in [-0.05, 0) is 12.1 Å². The van der Waals surface area contributed by atoms with E-state index in [-0.39, 0.29) is 5.84 Å². The molecule has 2 rings (SSSR count). The molecule has 0 spiro atoms. The lowest BCUT2D eigenvalue weighted by Gasteiger charge is -2.05. The van der Waals surface area contributed by atoms with Crippen LogP contribution in [0.1, 0.15) is 5.56 Å². The van der Waals surface area contributed by atoms with Crippen molar-refractivity contribution in [2.75, 3.05) is 0 Å². The largest absolute Gasteiger partial charge is 0.384 e. The van der Waals surface area contributed by atoms with Crippen LogP contribution in [0.5, 0.6) is 0 Å². The van der Waals surface area contributed by atoms with Gasteiger partial charge in [0.15, 0.2) is 0 Å². The van der Waals surface area contributed by atoms with Gasteiger partial charge >= 0.3 is 0 Å². The molecule has 1 heterocycles. The molecule has 0 aliphatic carbocycles. The average molecular weight is 198 g/mol. The highest BCUT2D eigenvalue weighted by atomic mass is 15.1. The molecule has 0 atom stereocenters. The van der Waals surface area contributed by atoms with Gasteiger partial charge in [0.05, 0.1) is 5.69 Å². The van der Waals surface area contributed by atoms with E-state index in [9.17, 15) is 0 Å². The Labute approximate surface area is 87.3 Å². The van der Waals surface area contributed by atoms with Gasteiger partial charge in [-0.3, -0.25) is 5.41 Å². The minimum atomic E-state index is 0.0382. The summed E-state index contributed by atoms with van der Waals surface area (Å²) in [6.07, 6.45) is 1.61. The summed E-state index contributed by atoms with van der Waals surface area (Å²) in [6, 6.07) is 11.0. The van der Waals surface area contributed by atoms with Crippen LogP contribution in [0.25, 0.3) is 11.3 Å². The van der Waals surface area contributed by atoms with Gasteiger partial charge in [-0.1, -0.05) is 24.3 Å². The van der Waals surface area contributed by atoms with Gasteiger partial charge in [0.1, 0.15) is 5.84 Å². The molecule has 0 radical (unpaired) electrons. The van der Waals surface area contributed by atoms with Crippen molar-refractivity contribution in [1.29, 1.82) is 5.41 Å². The molecule has 0 saturated heterocycles. The highest BCUT2D eigenvalue weighted by molar-refractivity contribution is 6.00. The predicted molar refractivity (Wildman–Crippen MR) is 58.5 cm³/mol. The van der Waals surface area contributed by atoms with Crippen LogP contribution in [-0.2, 0) is 0 Å². The summed E-state index contributed by atoms with van der Waals surface area (Å²) in [5.41, 5.74) is 7.72. The molecule has 1 aromatic heterocycles. The molecule has 0 fully saturated rings. The molecule has 2 aromatic rings. The highest BCUT2D eigenvalue weighted by Crippen LogP contribution is 2.19. The second-order valence-electron chi connectivity index (χ2n) is 3.07. The number of rotatable bonds is 2. The zero-order valence-electron chi connectivity index (χ0n) is 8.01. The minimum Gasteiger partial charge on any atom is -0.384 e. The number of nitrogens with one attached hydrogen (secondary N) is 1. The summed E-state index contributed by atoms with van der Waals surface area (Å²) in [7, 11) is 0. The fraction of sp³-hybridized carbons (Fsp3) is 0. The summed E-state index contributed by atoms with van der Waals surface area (Å²) in [5.74, 6) is 0.0382. The van der Waals surface area contributed by atoms with Crippen molar-refractivity contribution in [3.8, 4) is 11.3 Å². The Morgan fingerprint density at radius 2 is 1.93 bits per heavy atom. The summed E-state index contributed by atoms with van der Waals surface area (Å²) in [5, 5.41) is 15.2. The summed E-state index contributed by atoms with van der Waals surface area (Å²) in [6.45, 7) is 0. The van der Waals surface area contributed by atoms with Gasteiger partial charge in [-0.2, -0.15) is 10.2 Å². The van der Waals surface area contributed by atoms with E-state index in [0.717, 1.165) is 11.3 Å². The Kier molecular flexibility index (Phi) is 2.41. The third kappa shape index (κ3) is 1.83. The lowest BCUT2D eigenvalue weighted by atomic mass is 10.0. The molecule has 0 bridgehead atoms. The van der Waals surface area contributed by atoms with Crippen LogP contribution in [0.15, 0.2) is 42.6 Å². The van der Waals surface area contributed by atoms with Crippen molar-refractivity contribution >= 4 is 5.84 Å². The molecule has 74 valence electrons. The fourth-order valence-corrected chi connectivity index (χ4v) is 1.39. The van der Waals surface area contributed by atoms with Crippen LogP contribution in [0.2, 0.25) is 0 Å². The number of amidine groups is 1. The zero-order valence-corrected chi connectivity index (χ0v) is 8.01. The monoisotopic (exact) mass is 198 g/mol. The number of hydrogen-bond acceptors (Lipinski definition) is 3. The Hall–Kier alpha value is -2.23. The molecule has 0 aliphatic rings. The Morgan fingerprint density at radius 1 is 1.13 bits per heavy atom. The number of benzene rings is 1. The van der Waals surface area contributed by atoms with Crippen LogP contribution in [0.4, 0.5) is 0 Å². The minimum absolute atomic E-state index is 0.0382. The number of nitrogens with zero attached hydrogens (tertiary/aromatic N) is 2. The molecule has 1 aromatic carbocycles. The fourth-order valence-electron chi connectivity index (χ4n) is 1.39. The Morgan fingerprint density at radius 3 is 2.60 bits per heavy atom. The molecule has 4 nitrogen and oxygen atoms in total. The first-order chi connectivity index (χ1) is 7.29. The van der Waals surface area contributed by atoms with E-state index in [1.54, 1.807) is 18.3 Å². The van der Waals surface area contributed by atoms with E-state index in [1.807, 2.05) is 24.3 Å². The van der Waals surface area contributed by atoms with E-state index in [1.165, 1.54) is 0 Å². The molecular formula is C11H10N4. The van der Waals surface area contributed by atoms with Gasteiger partial charge in [-0.25, -0.2) is 0 Å². The standard InChI is InChI=1S/C11H10N4/c12-11(13)9-5-2-1-4-8(9)10-6-3-7-14-15-10/h1-7H,(H3,12,13). The molecule has 3 N–H and O–H groups in total. The topological polar surface area (TPSA) is 75.7 Å². The van der Waals surface area contributed by atoms with Crippen molar-refractivity contribution < 1.29 is 0 Å². The summed E-state index contributed by atoms with van der Waals surface area (Å²) >= 11 is 0. The van der Waals surface area contributed by atoms with Crippen LogP contribution >= 0.6 is 0 Å². The number of nitrogen functional groups attached to an aromatic ring is 1. The number of aromatic nitrogens is 2.